The molecule has 1 atom stereocenters. The Morgan fingerprint density at radius 1 is 1.31 bits per heavy atom. The second-order valence-electron chi connectivity index (χ2n) is 7.73. The first-order chi connectivity index (χ1) is 15.3. The Hall–Kier alpha value is -2.85. The maximum absolute atomic E-state index is 13.7. The molecule has 2 aromatic heterocycles. The van der Waals surface area contributed by atoms with Crippen LogP contribution < -0.4 is 15.4 Å². The first-order valence-electron chi connectivity index (χ1n) is 10.3. The average molecular weight is 464 g/mol. The van der Waals surface area contributed by atoms with Crippen LogP contribution in [0.5, 0.6) is 5.75 Å². The third-order valence-corrected chi connectivity index (χ3v) is 5.86. The van der Waals surface area contributed by atoms with E-state index in [9.17, 15) is 13.6 Å². The van der Waals surface area contributed by atoms with Crippen molar-refractivity contribution >= 4 is 39.0 Å². The van der Waals surface area contributed by atoms with Crippen molar-refractivity contribution in [3.63, 3.8) is 0 Å². The quantitative estimate of drug-likeness (QED) is 0.437. The summed E-state index contributed by atoms with van der Waals surface area (Å²) < 4.78 is 32.4. The summed E-state index contributed by atoms with van der Waals surface area (Å²) in [5.41, 5.74) is 1.19. The van der Waals surface area contributed by atoms with E-state index in [0.29, 0.717) is 33.1 Å². The van der Waals surface area contributed by atoms with Gasteiger partial charge in [-0.1, -0.05) is 0 Å². The number of aromatic nitrogens is 2. The van der Waals surface area contributed by atoms with Gasteiger partial charge < -0.3 is 20.3 Å². The molecule has 10 heteroatoms. The molecule has 3 rings (SSSR count). The fourth-order valence-corrected chi connectivity index (χ4v) is 4.18. The van der Waals surface area contributed by atoms with E-state index in [1.807, 2.05) is 21.0 Å². The Labute approximate surface area is 189 Å². The molecule has 7 nitrogen and oxygen atoms in total. The van der Waals surface area contributed by atoms with Crippen LogP contribution in [-0.4, -0.2) is 60.7 Å². The van der Waals surface area contributed by atoms with Crippen LogP contribution in [0.15, 0.2) is 24.5 Å². The zero-order chi connectivity index (χ0) is 23.3. The number of alkyl halides is 1. The van der Waals surface area contributed by atoms with Crippen LogP contribution in [0.2, 0.25) is 0 Å². The maximum atomic E-state index is 13.7. The minimum absolute atomic E-state index is 0.155. The predicted molar refractivity (Wildman–Crippen MR) is 123 cm³/mol. The topological polar surface area (TPSA) is 79.4 Å². The minimum Gasteiger partial charge on any atom is -0.488 e. The molecule has 0 saturated heterocycles. The van der Waals surface area contributed by atoms with Crippen LogP contribution in [0.1, 0.15) is 28.6 Å². The summed E-state index contributed by atoms with van der Waals surface area (Å²) in [6.45, 7) is 4.46. The molecule has 1 unspecified atom stereocenters. The van der Waals surface area contributed by atoms with E-state index < -0.39 is 12.0 Å². The molecule has 172 valence electrons. The number of nitrogens with one attached hydrogen (secondary N) is 2. The monoisotopic (exact) mass is 463 g/mol. The molecule has 0 saturated carbocycles. The summed E-state index contributed by atoms with van der Waals surface area (Å²) in [5, 5.41) is 6.77. The SMILES string of the molecule is Cc1c(C(=O)NCCCN(C)C)sc2ncnc(Nc3ccc(F)cc3OCC(C)F)c12. The van der Waals surface area contributed by atoms with E-state index in [0.717, 1.165) is 18.5 Å². The Kier molecular flexibility index (Phi) is 7.92. The number of benzene rings is 1. The van der Waals surface area contributed by atoms with Gasteiger partial charge in [0, 0.05) is 12.6 Å². The minimum atomic E-state index is -1.20. The summed E-state index contributed by atoms with van der Waals surface area (Å²) in [6.07, 6.45) is 1.04. The first kappa shape index (κ1) is 23.8. The smallest absolute Gasteiger partial charge is 0.261 e. The Balaban J connectivity index is 1.86. The number of rotatable bonds is 10. The van der Waals surface area contributed by atoms with Crippen molar-refractivity contribution in [2.75, 3.05) is 39.1 Å². The normalized spacial score (nSPS) is 12.2. The number of nitrogens with zero attached hydrogens (tertiary/aromatic N) is 3. The molecule has 0 bridgehead atoms. The molecule has 3 aromatic rings. The molecule has 0 aliphatic carbocycles. The number of anilines is 2. The van der Waals surface area contributed by atoms with Gasteiger partial charge in [-0.25, -0.2) is 18.7 Å². The summed E-state index contributed by atoms with van der Waals surface area (Å²) in [6, 6.07) is 3.97. The molecule has 0 radical (unpaired) electrons. The summed E-state index contributed by atoms with van der Waals surface area (Å²) in [4.78, 5) is 24.6. The highest BCUT2D eigenvalue weighted by Gasteiger charge is 2.20. The Bertz CT molecular complexity index is 1090. The fraction of sp³-hybridized carbons (Fsp3) is 0.409. The van der Waals surface area contributed by atoms with Crippen molar-refractivity contribution in [2.24, 2.45) is 0 Å². The summed E-state index contributed by atoms with van der Waals surface area (Å²) >= 11 is 1.29. The highest BCUT2D eigenvalue weighted by atomic mass is 32.1. The van der Waals surface area contributed by atoms with Gasteiger partial charge in [-0.15, -0.1) is 11.3 Å². The Morgan fingerprint density at radius 3 is 2.81 bits per heavy atom. The first-order valence-corrected chi connectivity index (χ1v) is 11.1. The molecule has 0 spiro atoms. The van der Waals surface area contributed by atoms with E-state index in [4.69, 9.17) is 4.74 Å². The molecular formula is C22H27F2N5O2S. The lowest BCUT2D eigenvalue weighted by molar-refractivity contribution is 0.0956. The average Bonchev–Trinajstić information content (AvgIpc) is 3.08. The van der Waals surface area contributed by atoms with Gasteiger partial charge in [-0.05, 0) is 58.6 Å². The number of fused-ring (bicyclic) bond motifs is 1. The van der Waals surface area contributed by atoms with Crippen molar-refractivity contribution in [1.82, 2.24) is 20.2 Å². The lowest BCUT2D eigenvalue weighted by Gasteiger charge is -2.14. The third kappa shape index (κ3) is 5.89. The van der Waals surface area contributed by atoms with E-state index >= 15 is 0 Å². The fourth-order valence-electron chi connectivity index (χ4n) is 3.11. The van der Waals surface area contributed by atoms with Gasteiger partial charge in [0.25, 0.3) is 5.91 Å². The van der Waals surface area contributed by atoms with E-state index in [1.54, 1.807) is 0 Å². The number of halogens is 2. The van der Waals surface area contributed by atoms with Crippen molar-refractivity contribution in [3.05, 3.63) is 40.8 Å². The van der Waals surface area contributed by atoms with Crippen LogP contribution >= 0.6 is 11.3 Å². The Morgan fingerprint density at radius 2 is 2.09 bits per heavy atom. The second kappa shape index (κ2) is 10.6. The highest BCUT2D eigenvalue weighted by molar-refractivity contribution is 7.20. The van der Waals surface area contributed by atoms with Crippen LogP contribution in [0.3, 0.4) is 0 Å². The van der Waals surface area contributed by atoms with Crippen molar-refractivity contribution in [1.29, 1.82) is 0 Å². The van der Waals surface area contributed by atoms with Gasteiger partial charge in [-0.2, -0.15) is 0 Å². The zero-order valence-electron chi connectivity index (χ0n) is 18.5. The van der Waals surface area contributed by atoms with Crippen LogP contribution in [-0.2, 0) is 0 Å². The van der Waals surface area contributed by atoms with Gasteiger partial charge in [-0.3, -0.25) is 4.79 Å². The van der Waals surface area contributed by atoms with Crippen molar-refractivity contribution in [3.8, 4) is 5.75 Å². The van der Waals surface area contributed by atoms with E-state index in [1.165, 1.54) is 42.8 Å². The predicted octanol–water partition coefficient (Wildman–Crippen LogP) is 4.30. The number of amides is 1. The van der Waals surface area contributed by atoms with Crippen molar-refractivity contribution in [2.45, 2.75) is 26.4 Å². The molecule has 2 N–H and O–H groups in total. The largest absolute Gasteiger partial charge is 0.488 e. The van der Waals surface area contributed by atoms with Crippen LogP contribution in [0.4, 0.5) is 20.3 Å². The van der Waals surface area contributed by atoms with Gasteiger partial charge in [0.2, 0.25) is 0 Å². The van der Waals surface area contributed by atoms with E-state index in [2.05, 4.69) is 25.5 Å². The van der Waals surface area contributed by atoms with E-state index in [-0.39, 0.29) is 18.3 Å². The lowest BCUT2D eigenvalue weighted by atomic mass is 10.2. The van der Waals surface area contributed by atoms with Crippen LogP contribution in [0.25, 0.3) is 10.2 Å². The number of aryl methyl sites for hydroxylation is 1. The third-order valence-electron chi connectivity index (χ3n) is 4.67. The van der Waals surface area contributed by atoms with Gasteiger partial charge in [0.15, 0.2) is 0 Å². The zero-order valence-corrected chi connectivity index (χ0v) is 19.4. The molecule has 2 heterocycles. The number of hydrogen-bond donors (Lipinski definition) is 2. The maximum Gasteiger partial charge on any atom is 0.261 e. The van der Waals surface area contributed by atoms with Crippen molar-refractivity contribution < 1.29 is 18.3 Å². The molecule has 0 aliphatic rings. The number of carbonyl (C=O) groups excluding carboxylic acids is 1. The summed E-state index contributed by atoms with van der Waals surface area (Å²) in [5.74, 6) is -0.0176. The molecular weight excluding hydrogens is 436 g/mol. The molecule has 0 aliphatic heterocycles. The van der Waals surface area contributed by atoms with Gasteiger partial charge in [0.05, 0.1) is 16.0 Å². The van der Waals surface area contributed by atoms with Crippen LogP contribution in [0, 0.1) is 12.7 Å². The standard InChI is InChI=1S/C22H27F2N5O2S/c1-13(23)11-31-17-10-15(24)6-7-16(17)28-20-18-14(2)19(32-22(18)27-12-26-20)21(30)25-8-5-9-29(3)4/h6-7,10,12-13H,5,8-9,11H2,1-4H3,(H,25,30)(H,26,27,28). The molecule has 0 fully saturated rings. The number of thiophene rings is 1. The molecule has 32 heavy (non-hydrogen) atoms. The van der Waals surface area contributed by atoms with Gasteiger partial charge >= 0.3 is 0 Å². The number of ether oxygens (including phenoxy) is 1. The lowest BCUT2D eigenvalue weighted by Crippen LogP contribution is -2.26. The number of carbonyl (C=O) groups is 1. The second-order valence-corrected chi connectivity index (χ2v) is 8.73. The molecule has 1 aromatic carbocycles. The molecule has 1 amide bonds. The van der Waals surface area contributed by atoms with Gasteiger partial charge in [0.1, 0.15) is 41.3 Å². The number of hydrogen-bond acceptors (Lipinski definition) is 7. The summed E-state index contributed by atoms with van der Waals surface area (Å²) in [7, 11) is 3.97. The highest BCUT2D eigenvalue weighted by Crippen LogP contribution is 2.36.